The molecule has 2 N–H and O–H groups in total. The van der Waals surface area contributed by atoms with E-state index < -0.39 is 0 Å². The smallest absolute Gasteiger partial charge is 0.315 e. The molecule has 18 heavy (non-hydrogen) atoms. The van der Waals surface area contributed by atoms with Crippen LogP contribution >= 0.6 is 0 Å². The van der Waals surface area contributed by atoms with Crippen LogP contribution in [0.1, 0.15) is 17.0 Å². The van der Waals surface area contributed by atoms with Crippen LogP contribution < -0.4 is 10.6 Å². The number of aryl methyl sites for hydroxylation is 1. The van der Waals surface area contributed by atoms with Gasteiger partial charge in [-0.15, -0.1) is 0 Å². The maximum atomic E-state index is 11.5. The van der Waals surface area contributed by atoms with Gasteiger partial charge in [0.05, 0.1) is 12.2 Å². The van der Waals surface area contributed by atoms with Gasteiger partial charge in [0.1, 0.15) is 0 Å². The molecule has 0 aliphatic heterocycles. The van der Waals surface area contributed by atoms with Crippen molar-refractivity contribution in [1.82, 2.24) is 15.8 Å². The fraction of sp³-hybridized carbons (Fsp3) is 0.231. The van der Waals surface area contributed by atoms with E-state index in [1.807, 2.05) is 37.3 Å². The molecule has 2 rings (SSSR count). The Balaban J connectivity index is 1.73. The molecule has 0 fully saturated rings. The van der Waals surface area contributed by atoms with Crippen molar-refractivity contribution in [1.29, 1.82) is 0 Å². The molecule has 5 nitrogen and oxygen atoms in total. The zero-order chi connectivity index (χ0) is 12.8. The van der Waals surface area contributed by atoms with Crippen LogP contribution in [0.15, 0.2) is 40.9 Å². The summed E-state index contributed by atoms with van der Waals surface area (Å²) in [4.78, 5) is 11.5. The number of rotatable bonds is 4. The highest BCUT2D eigenvalue weighted by Gasteiger charge is 2.03. The van der Waals surface area contributed by atoms with E-state index in [4.69, 9.17) is 4.52 Å². The summed E-state index contributed by atoms with van der Waals surface area (Å²) in [7, 11) is 0. The second kappa shape index (κ2) is 5.86. The molecular formula is C13H15N3O2. The molecule has 0 unspecified atom stereocenters. The van der Waals surface area contributed by atoms with Crippen molar-refractivity contribution >= 4 is 6.03 Å². The highest BCUT2D eigenvalue weighted by molar-refractivity contribution is 5.73. The molecule has 0 atom stereocenters. The number of aromatic nitrogens is 1. The number of carbonyl (C=O) groups excluding carboxylic acids is 1. The van der Waals surface area contributed by atoms with Crippen LogP contribution in [0.2, 0.25) is 0 Å². The third-order valence-corrected chi connectivity index (χ3v) is 2.40. The third-order valence-electron chi connectivity index (χ3n) is 2.40. The van der Waals surface area contributed by atoms with E-state index >= 15 is 0 Å². The molecule has 0 saturated heterocycles. The van der Waals surface area contributed by atoms with E-state index in [0.29, 0.717) is 18.8 Å². The highest BCUT2D eigenvalue weighted by atomic mass is 16.5. The van der Waals surface area contributed by atoms with Crippen molar-refractivity contribution in [2.24, 2.45) is 0 Å². The molecule has 0 bridgehead atoms. The van der Waals surface area contributed by atoms with E-state index in [0.717, 1.165) is 11.3 Å². The number of nitrogens with zero attached hydrogens (tertiary/aromatic N) is 1. The Hall–Kier alpha value is -2.30. The molecule has 0 aliphatic rings. The van der Waals surface area contributed by atoms with E-state index in [2.05, 4.69) is 15.8 Å². The first-order valence-electron chi connectivity index (χ1n) is 5.72. The molecule has 1 aromatic heterocycles. The van der Waals surface area contributed by atoms with Crippen LogP contribution in [0.25, 0.3) is 0 Å². The number of urea groups is 1. The summed E-state index contributed by atoms with van der Waals surface area (Å²) in [5, 5.41) is 9.20. The Labute approximate surface area is 105 Å². The maximum absolute atomic E-state index is 11.5. The Morgan fingerprint density at radius 1 is 1.22 bits per heavy atom. The fourth-order valence-corrected chi connectivity index (χ4v) is 1.51. The number of benzene rings is 1. The minimum Gasteiger partial charge on any atom is -0.359 e. The minimum atomic E-state index is -0.229. The third kappa shape index (κ3) is 3.62. The Bertz CT molecular complexity index is 508. The quantitative estimate of drug-likeness (QED) is 0.865. The van der Waals surface area contributed by atoms with Gasteiger partial charge in [0.25, 0.3) is 0 Å². The predicted molar refractivity (Wildman–Crippen MR) is 66.8 cm³/mol. The van der Waals surface area contributed by atoms with Crippen molar-refractivity contribution in [2.75, 3.05) is 0 Å². The van der Waals surface area contributed by atoms with Gasteiger partial charge in [-0.3, -0.25) is 0 Å². The molecule has 5 heteroatoms. The molecule has 0 spiro atoms. The highest BCUT2D eigenvalue weighted by Crippen LogP contribution is 2.01. The number of nitrogens with one attached hydrogen (secondary N) is 2. The lowest BCUT2D eigenvalue weighted by Crippen LogP contribution is -2.34. The van der Waals surface area contributed by atoms with E-state index in [1.54, 1.807) is 6.07 Å². The zero-order valence-electron chi connectivity index (χ0n) is 10.1. The molecule has 0 aliphatic carbocycles. The maximum Gasteiger partial charge on any atom is 0.315 e. The standard InChI is InChI=1S/C13H15N3O2/c1-10-7-12(18-16-10)9-15-13(17)14-8-11-5-3-2-4-6-11/h2-7H,8-9H2,1H3,(H2,14,15,17). The molecule has 94 valence electrons. The molecular weight excluding hydrogens is 230 g/mol. The van der Waals surface area contributed by atoms with E-state index in [1.165, 1.54) is 0 Å². The van der Waals surface area contributed by atoms with Gasteiger partial charge < -0.3 is 15.2 Å². The van der Waals surface area contributed by atoms with Gasteiger partial charge in [0, 0.05) is 12.6 Å². The van der Waals surface area contributed by atoms with E-state index in [9.17, 15) is 4.79 Å². The van der Waals surface area contributed by atoms with Crippen LogP contribution in [0, 0.1) is 6.92 Å². The number of amides is 2. The number of hydrogen-bond acceptors (Lipinski definition) is 3. The summed E-state index contributed by atoms with van der Waals surface area (Å²) in [5.74, 6) is 0.641. The topological polar surface area (TPSA) is 67.2 Å². The van der Waals surface area contributed by atoms with E-state index in [-0.39, 0.29) is 6.03 Å². The van der Waals surface area contributed by atoms with Crippen molar-refractivity contribution in [3.05, 3.63) is 53.4 Å². The predicted octanol–water partition coefficient (Wildman–Crippen LogP) is 1.98. The lowest BCUT2D eigenvalue weighted by molar-refractivity contribution is 0.238. The second-order valence-electron chi connectivity index (χ2n) is 3.96. The minimum absolute atomic E-state index is 0.229. The van der Waals surface area contributed by atoms with Crippen molar-refractivity contribution in [3.8, 4) is 0 Å². The first kappa shape index (κ1) is 12.2. The summed E-state index contributed by atoms with van der Waals surface area (Å²) in [6, 6.07) is 11.3. The van der Waals surface area contributed by atoms with Gasteiger partial charge in [0.2, 0.25) is 0 Å². The largest absolute Gasteiger partial charge is 0.359 e. The molecule has 1 heterocycles. The first-order valence-corrected chi connectivity index (χ1v) is 5.72. The molecule has 0 saturated carbocycles. The van der Waals surface area contributed by atoms with Crippen LogP contribution in [0.3, 0.4) is 0 Å². The summed E-state index contributed by atoms with van der Waals surface area (Å²) >= 11 is 0. The zero-order valence-corrected chi connectivity index (χ0v) is 10.1. The van der Waals surface area contributed by atoms with Gasteiger partial charge in [-0.25, -0.2) is 4.79 Å². The first-order chi connectivity index (χ1) is 8.74. The molecule has 1 aromatic carbocycles. The van der Waals surface area contributed by atoms with Gasteiger partial charge in [-0.2, -0.15) is 0 Å². The van der Waals surface area contributed by atoms with Crippen LogP contribution in [0.4, 0.5) is 4.79 Å². The molecule has 0 radical (unpaired) electrons. The average molecular weight is 245 g/mol. The van der Waals surface area contributed by atoms with Gasteiger partial charge in [0.15, 0.2) is 5.76 Å². The summed E-state index contributed by atoms with van der Waals surface area (Å²) in [5.41, 5.74) is 1.86. The van der Waals surface area contributed by atoms with Crippen LogP contribution in [-0.4, -0.2) is 11.2 Å². The second-order valence-corrected chi connectivity index (χ2v) is 3.96. The average Bonchev–Trinajstić information content (AvgIpc) is 2.81. The Kier molecular flexibility index (Phi) is 3.96. The SMILES string of the molecule is Cc1cc(CNC(=O)NCc2ccccc2)on1. The molecule has 2 amide bonds. The summed E-state index contributed by atoms with van der Waals surface area (Å²) < 4.78 is 4.98. The number of carbonyl (C=O) groups is 1. The lowest BCUT2D eigenvalue weighted by Gasteiger charge is -2.05. The summed E-state index contributed by atoms with van der Waals surface area (Å²) in [6.45, 7) is 2.67. The Morgan fingerprint density at radius 2 is 1.94 bits per heavy atom. The van der Waals surface area contributed by atoms with Crippen LogP contribution in [0.5, 0.6) is 0 Å². The summed E-state index contributed by atoms with van der Waals surface area (Å²) in [6.07, 6.45) is 0. The fourth-order valence-electron chi connectivity index (χ4n) is 1.51. The van der Waals surface area contributed by atoms with Gasteiger partial charge in [-0.05, 0) is 12.5 Å². The molecule has 2 aromatic rings. The monoisotopic (exact) mass is 245 g/mol. The normalized spacial score (nSPS) is 10.1. The van der Waals surface area contributed by atoms with Crippen LogP contribution in [-0.2, 0) is 13.1 Å². The van der Waals surface area contributed by atoms with Gasteiger partial charge in [-0.1, -0.05) is 35.5 Å². The Morgan fingerprint density at radius 3 is 2.61 bits per heavy atom. The van der Waals surface area contributed by atoms with Crippen molar-refractivity contribution in [2.45, 2.75) is 20.0 Å². The van der Waals surface area contributed by atoms with Crippen molar-refractivity contribution in [3.63, 3.8) is 0 Å². The van der Waals surface area contributed by atoms with Gasteiger partial charge >= 0.3 is 6.03 Å². The lowest BCUT2D eigenvalue weighted by atomic mass is 10.2. The van der Waals surface area contributed by atoms with Crippen molar-refractivity contribution < 1.29 is 9.32 Å². The number of hydrogen-bond donors (Lipinski definition) is 2.